The van der Waals surface area contributed by atoms with Crippen molar-refractivity contribution in [2.45, 2.75) is 83.3 Å². The molecule has 2 N–H and O–H groups in total. The van der Waals surface area contributed by atoms with Crippen molar-refractivity contribution in [3.8, 4) is 11.1 Å². The third-order valence-electron chi connectivity index (χ3n) is 9.40. The Bertz CT molecular complexity index is 1970. The van der Waals surface area contributed by atoms with E-state index in [-0.39, 0.29) is 37.4 Å². The zero-order valence-corrected chi connectivity index (χ0v) is 30.0. The van der Waals surface area contributed by atoms with E-state index >= 15 is 0 Å². The minimum atomic E-state index is -2.35. The van der Waals surface area contributed by atoms with Crippen LogP contribution in [0.25, 0.3) is 11.1 Å². The Balaban J connectivity index is 1.21. The zero-order chi connectivity index (χ0) is 38.7. The maximum absolute atomic E-state index is 14.2. The normalized spacial score (nSPS) is 20.5. The summed E-state index contributed by atoms with van der Waals surface area (Å²) < 4.78 is 88.1. The van der Waals surface area contributed by atoms with Crippen molar-refractivity contribution in [2.75, 3.05) is 13.1 Å². The zero-order valence-electron chi connectivity index (χ0n) is 30.0. The first-order valence-corrected chi connectivity index (χ1v) is 17.7. The molecule has 0 spiro atoms. The minimum absolute atomic E-state index is 0.0904. The maximum atomic E-state index is 14.2. The Morgan fingerprint density at radius 2 is 1.48 bits per heavy atom. The highest BCUT2D eigenvalue weighted by Gasteiger charge is 2.39. The second kappa shape index (κ2) is 16.4. The van der Waals surface area contributed by atoms with E-state index in [2.05, 4.69) is 10.2 Å². The molecule has 2 aliphatic rings. The lowest BCUT2D eigenvalue weighted by Gasteiger charge is -2.38. The van der Waals surface area contributed by atoms with Gasteiger partial charge in [0.15, 0.2) is 29.6 Å². The number of nitrogens with one attached hydrogen (secondary N) is 1. The Morgan fingerprint density at radius 3 is 2.15 bits per heavy atom. The molecule has 4 aromatic carbocycles. The number of carbonyl (C=O) groups excluding carboxylic acids is 2. The fraction of sp³-hybridized carbons (Fsp3) is 0.366. The van der Waals surface area contributed by atoms with Crippen LogP contribution in [0.1, 0.15) is 85.0 Å². The van der Waals surface area contributed by atoms with Crippen LogP contribution in [-0.2, 0) is 32.2 Å². The Labute approximate surface area is 309 Å². The van der Waals surface area contributed by atoms with Crippen LogP contribution >= 0.6 is 0 Å². The van der Waals surface area contributed by atoms with Gasteiger partial charge < -0.3 is 24.6 Å². The lowest BCUT2D eigenvalue weighted by Crippen LogP contribution is -2.45. The quantitative estimate of drug-likeness (QED) is 0.0738. The van der Waals surface area contributed by atoms with Crippen LogP contribution in [0.15, 0.2) is 72.8 Å². The number of aliphatic hydroxyl groups excluding tert-OH is 1. The van der Waals surface area contributed by atoms with Gasteiger partial charge in [-0.25, -0.2) is 22.0 Å². The lowest BCUT2D eigenvalue weighted by atomic mass is 9.98. The van der Waals surface area contributed by atoms with Crippen LogP contribution in [0.2, 0.25) is 0 Å². The van der Waals surface area contributed by atoms with Gasteiger partial charge in [-0.1, -0.05) is 60.7 Å². The first-order valence-electron chi connectivity index (χ1n) is 17.7. The van der Waals surface area contributed by atoms with Gasteiger partial charge in [-0.05, 0) is 80.1 Å². The largest absolute Gasteiger partial charge is 0.459 e. The third-order valence-corrected chi connectivity index (χ3v) is 9.40. The maximum Gasteiger partial charge on any atom is 0.323 e. The van der Waals surface area contributed by atoms with Crippen molar-refractivity contribution in [2.24, 2.45) is 0 Å². The van der Waals surface area contributed by atoms with Gasteiger partial charge in [-0.2, -0.15) is 0 Å². The number of halogens is 5. The van der Waals surface area contributed by atoms with Crippen LogP contribution in [0.4, 0.5) is 22.0 Å². The first kappa shape index (κ1) is 39.0. The van der Waals surface area contributed by atoms with Crippen molar-refractivity contribution in [3.05, 3.63) is 130 Å². The van der Waals surface area contributed by atoms with Gasteiger partial charge in [0.1, 0.15) is 17.2 Å². The van der Waals surface area contributed by atoms with E-state index in [0.29, 0.717) is 36.1 Å². The fourth-order valence-electron chi connectivity index (χ4n) is 6.78. The first-order chi connectivity index (χ1) is 25.7. The Morgan fingerprint density at radius 1 is 0.833 bits per heavy atom. The Kier molecular flexibility index (Phi) is 11.8. The highest BCUT2D eigenvalue weighted by atomic mass is 19.2. The van der Waals surface area contributed by atoms with Gasteiger partial charge >= 0.3 is 5.97 Å². The number of likely N-dealkylation sites (tertiary alicyclic amines) is 1. The molecule has 13 heteroatoms. The van der Waals surface area contributed by atoms with E-state index in [4.69, 9.17) is 14.2 Å². The van der Waals surface area contributed by atoms with Crippen LogP contribution < -0.4 is 5.32 Å². The molecule has 286 valence electrons. The van der Waals surface area contributed by atoms with Gasteiger partial charge in [0.2, 0.25) is 5.82 Å². The molecule has 0 aromatic heterocycles. The second-order valence-corrected chi connectivity index (χ2v) is 14.5. The van der Waals surface area contributed by atoms with Crippen molar-refractivity contribution in [1.29, 1.82) is 0 Å². The summed E-state index contributed by atoms with van der Waals surface area (Å²) >= 11 is 0. The van der Waals surface area contributed by atoms with E-state index in [0.717, 1.165) is 29.7 Å². The molecule has 6 rings (SSSR count). The standard InChI is InChI=1S/C41H41F5N2O6/c1-41(2,3)54-39(51)30-11-6-16-48(30)21-29-19-31(25-14-12-23(22-49)13-15-25)53-40(52-29)28-10-5-9-27(18-28)26-8-4-7-24(17-26)20-47-38(50)32-33(42)35(44)37(46)36(45)34(32)43/h4-5,7-10,12-15,17-18,29-31,40,49H,6,11,16,19-22H2,1-3H3,(H,47,50)/t29-,30-,31+,40+/m0/s1. The molecule has 0 radical (unpaired) electrons. The molecular formula is C41H41F5N2O6. The Hall–Kier alpha value is -4.69. The highest BCUT2D eigenvalue weighted by Crippen LogP contribution is 2.40. The molecule has 2 saturated heterocycles. The summed E-state index contributed by atoms with van der Waals surface area (Å²) in [6.45, 7) is 6.38. The summed E-state index contributed by atoms with van der Waals surface area (Å²) in [4.78, 5) is 27.8. The molecule has 2 fully saturated rings. The van der Waals surface area contributed by atoms with Gasteiger partial charge in [0.25, 0.3) is 5.91 Å². The summed E-state index contributed by atoms with van der Waals surface area (Å²) in [5.41, 5.74) is 2.18. The molecule has 2 aliphatic heterocycles. The molecule has 4 aromatic rings. The number of rotatable bonds is 10. The van der Waals surface area contributed by atoms with Gasteiger partial charge in [0, 0.05) is 25.1 Å². The molecule has 54 heavy (non-hydrogen) atoms. The molecule has 1 amide bonds. The molecule has 0 unspecified atom stereocenters. The summed E-state index contributed by atoms with van der Waals surface area (Å²) in [5.74, 6) is -12.9. The second-order valence-electron chi connectivity index (χ2n) is 14.5. The number of hydrogen-bond acceptors (Lipinski definition) is 7. The van der Waals surface area contributed by atoms with Crippen molar-refractivity contribution < 1.29 is 50.9 Å². The number of hydrogen-bond donors (Lipinski definition) is 2. The van der Waals surface area contributed by atoms with E-state index in [1.165, 1.54) is 0 Å². The highest BCUT2D eigenvalue weighted by molar-refractivity contribution is 5.94. The molecule has 2 heterocycles. The van der Waals surface area contributed by atoms with Gasteiger partial charge in [0.05, 0.1) is 18.8 Å². The summed E-state index contributed by atoms with van der Waals surface area (Å²) in [7, 11) is 0. The topological polar surface area (TPSA) is 97.3 Å². The van der Waals surface area contributed by atoms with E-state index in [1.807, 2.05) is 75.4 Å². The molecular weight excluding hydrogens is 711 g/mol. The number of benzene rings is 4. The SMILES string of the molecule is CC(C)(C)OC(=O)[C@@H]1CCCN1C[C@@H]1C[C@H](c2ccc(CO)cc2)O[C@H](c2cccc(-c3cccc(CNC(=O)c4c(F)c(F)c(F)c(F)c4F)c3)c2)O1. The molecule has 4 atom stereocenters. The van der Waals surface area contributed by atoms with Crippen LogP contribution in [0.3, 0.4) is 0 Å². The van der Waals surface area contributed by atoms with Crippen LogP contribution in [0.5, 0.6) is 0 Å². The molecule has 0 bridgehead atoms. The lowest BCUT2D eigenvalue weighted by molar-refractivity contribution is -0.253. The number of amides is 1. The smallest absolute Gasteiger partial charge is 0.323 e. The van der Waals surface area contributed by atoms with E-state index in [1.54, 1.807) is 18.2 Å². The number of ether oxygens (including phenoxy) is 3. The van der Waals surface area contributed by atoms with Crippen molar-refractivity contribution in [1.82, 2.24) is 10.2 Å². The average molecular weight is 753 g/mol. The fourth-order valence-corrected chi connectivity index (χ4v) is 6.78. The van der Waals surface area contributed by atoms with Gasteiger partial charge in [-0.3, -0.25) is 14.5 Å². The number of nitrogens with zero attached hydrogens (tertiary/aromatic N) is 1. The monoisotopic (exact) mass is 752 g/mol. The summed E-state index contributed by atoms with van der Waals surface area (Å²) in [6.07, 6.45) is 0.586. The molecule has 0 aliphatic carbocycles. The summed E-state index contributed by atoms with van der Waals surface area (Å²) in [5, 5.41) is 11.8. The number of esters is 1. The number of carbonyl (C=O) groups is 2. The van der Waals surface area contributed by atoms with Crippen molar-refractivity contribution in [3.63, 3.8) is 0 Å². The molecule has 0 saturated carbocycles. The third kappa shape index (κ3) is 8.81. The van der Waals surface area contributed by atoms with Crippen LogP contribution in [-0.4, -0.2) is 52.7 Å². The summed E-state index contributed by atoms with van der Waals surface area (Å²) in [6, 6.07) is 21.5. The average Bonchev–Trinajstić information content (AvgIpc) is 3.63. The predicted molar refractivity (Wildman–Crippen MR) is 188 cm³/mol. The van der Waals surface area contributed by atoms with Gasteiger partial charge in [-0.15, -0.1) is 0 Å². The number of aliphatic hydroxyl groups is 1. The van der Waals surface area contributed by atoms with E-state index in [9.17, 15) is 36.6 Å². The van der Waals surface area contributed by atoms with Crippen molar-refractivity contribution >= 4 is 11.9 Å². The van der Waals surface area contributed by atoms with E-state index < -0.39 is 52.4 Å². The molecule has 8 nitrogen and oxygen atoms in total. The van der Waals surface area contributed by atoms with Crippen LogP contribution in [0, 0.1) is 29.1 Å². The minimum Gasteiger partial charge on any atom is -0.459 e. The predicted octanol–water partition coefficient (Wildman–Crippen LogP) is 7.82.